The summed E-state index contributed by atoms with van der Waals surface area (Å²) in [5, 5.41) is 9.34. The molecule has 31 heavy (non-hydrogen) atoms. The van der Waals surface area contributed by atoms with E-state index in [9.17, 15) is 19.5 Å². The van der Waals surface area contributed by atoms with Crippen LogP contribution < -0.4 is 5.73 Å². The van der Waals surface area contributed by atoms with Gasteiger partial charge in [-0.1, -0.05) is 6.07 Å². The minimum atomic E-state index is -0.910. The average Bonchev–Trinajstić information content (AvgIpc) is 3.02. The van der Waals surface area contributed by atoms with Crippen molar-refractivity contribution in [1.29, 1.82) is 0 Å². The van der Waals surface area contributed by atoms with Crippen LogP contribution in [0.25, 0.3) is 11.3 Å². The summed E-state index contributed by atoms with van der Waals surface area (Å²) in [4.78, 5) is 42.8. The van der Waals surface area contributed by atoms with Crippen LogP contribution in [0.4, 0.5) is 0 Å². The molecule has 0 saturated carbocycles. The van der Waals surface area contributed by atoms with Gasteiger partial charge in [0.2, 0.25) is 5.91 Å². The van der Waals surface area contributed by atoms with Gasteiger partial charge in [-0.05, 0) is 62.6 Å². The summed E-state index contributed by atoms with van der Waals surface area (Å²) in [5.41, 5.74) is 8.39. The van der Waals surface area contributed by atoms with Crippen LogP contribution in [0.3, 0.4) is 0 Å². The van der Waals surface area contributed by atoms with Crippen LogP contribution in [0.2, 0.25) is 0 Å². The minimum Gasteiger partial charge on any atom is -0.460 e. The number of nitrogens with two attached hydrogens (primary N) is 1. The van der Waals surface area contributed by atoms with Crippen molar-refractivity contribution >= 4 is 17.8 Å². The Morgan fingerprint density at radius 3 is 2.65 bits per heavy atom. The maximum Gasteiger partial charge on any atom is 0.306 e. The lowest BCUT2D eigenvalue weighted by atomic mass is 10.0. The molecule has 1 aromatic carbocycles. The first-order valence-corrected chi connectivity index (χ1v) is 10.1. The van der Waals surface area contributed by atoms with Crippen LogP contribution in [-0.4, -0.2) is 44.4 Å². The van der Waals surface area contributed by atoms with E-state index in [2.05, 4.69) is 4.98 Å². The molecule has 2 amide bonds. The summed E-state index contributed by atoms with van der Waals surface area (Å²) in [6.45, 7) is 5.41. The summed E-state index contributed by atoms with van der Waals surface area (Å²) in [5.74, 6) is -1.41. The van der Waals surface area contributed by atoms with Crippen molar-refractivity contribution in [3.05, 3.63) is 53.2 Å². The Balaban J connectivity index is 1.78. The van der Waals surface area contributed by atoms with Crippen LogP contribution in [0.15, 0.2) is 36.5 Å². The molecule has 1 aliphatic rings. The quantitative estimate of drug-likeness (QED) is 0.656. The molecule has 0 radical (unpaired) electrons. The smallest absolute Gasteiger partial charge is 0.306 e. The minimum absolute atomic E-state index is 0.0197. The molecule has 1 aromatic heterocycles. The highest BCUT2D eigenvalue weighted by Crippen LogP contribution is 2.30. The molecule has 0 aliphatic carbocycles. The van der Waals surface area contributed by atoms with Gasteiger partial charge >= 0.3 is 5.97 Å². The monoisotopic (exact) mass is 425 g/mol. The van der Waals surface area contributed by atoms with E-state index in [1.54, 1.807) is 51.2 Å². The first kappa shape index (κ1) is 22.4. The zero-order valence-electron chi connectivity index (χ0n) is 17.9. The molecule has 1 aliphatic heterocycles. The Bertz CT molecular complexity index is 1010. The number of amides is 2. The van der Waals surface area contributed by atoms with Crippen LogP contribution in [0.1, 0.15) is 55.1 Å². The van der Waals surface area contributed by atoms with Crippen molar-refractivity contribution in [1.82, 2.24) is 9.88 Å². The molecule has 2 aromatic rings. The largest absolute Gasteiger partial charge is 0.460 e. The summed E-state index contributed by atoms with van der Waals surface area (Å²) in [6, 6.07) is 7.93. The maximum atomic E-state index is 12.9. The molecule has 1 atom stereocenters. The van der Waals surface area contributed by atoms with Gasteiger partial charge in [0.15, 0.2) is 0 Å². The highest BCUT2D eigenvalue weighted by molar-refractivity contribution is 6.01. The van der Waals surface area contributed by atoms with E-state index in [1.807, 2.05) is 6.07 Å². The number of rotatable bonds is 7. The number of fused-ring (bicyclic) bond motifs is 1. The van der Waals surface area contributed by atoms with Gasteiger partial charge in [-0.3, -0.25) is 19.4 Å². The molecule has 8 nitrogen and oxygen atoms in total. The Morgan fingerprint density at radius 2 is 2.00 bits per heavy atom. The van der Waals surface area contributed by atoms with Crippen molar-refractivity contribution in [3.63, 3.8) is 0 Å². The SMILES string of the molecule is CC(C)(C)OC(=O)CC[C@@H](C(N)=O)N1Cc2cc(-c3cc(CO)ccn3)ccc2C1=O. The molecule has 0 fully saturated rings. The number of pyridine rings is 1. The van der Waals surface area contributed by atoms with E-state index in [0.717, 1.165) is 16.7 Å². The van der Waals surface area contributed by atoms with Gasteiger partial charge < -0.3 is 20.5 Å². The molecule has 164 valence electrons. The van der Waals surface area contributed by atoms with Crippen molar-refractivity contribution < 1.29 is 24.2 Å². The molecule has 2 heterocycles. The van der Waals surface area contributed by atoms with E-state index < -0.39 is 23.5 Å². The van der Waals surface area contributed by atoms with E-state index in [1.165, 1.54) is 4.90 Å². The van der Waals surface area contributed by atoms with Gasteiger partial charge in [-0.2, -0.15) is 0 Å². The molecule has 0 unspecified atom stereocenters. The predicted molar refractivity (Wildman–Crippen MR) is 114 cm³/mol. The Hall–Kier alpha value is -3.26. The third kappa shape index (κ3) is 5.27. The molecule has 3 rings (SSSR count). The van der Waals surface area contributed by atoms with Gasteiger partial charge in [-0.15, -0.1) is 0 Å². The van der Waals surface area contributed by atoms with Crippen molar-refractivity contribution in [2.75, 3.05) is 0 Å². The summed E-state index contributed by atoms with van der Waals surface area (Å²) in [7, 11) is 0. The first-order chi connectivity index (χ1) is 14.6. The number of esters is 1. The second kappa shape index (κ2) is 8.85. The Kier molecular flexibility index (Phi) is 6.40. The molecular weight excluding hydrogens is 398 g/mol. The third-order valence-electron chi connectivity index (χ3n) is 4.99. The molecule has 8 heteroatoms. The molecule has 3 N–H and O–H groups in total. The molecular formula is C23H27N3O5. The fourth-order valence-electron chi connectivity index (χ4n) is 3.58. The number of hydrogen-bond donors (Lipinski definition) is 2. The van der Waals surface area contributed by atoms with Crippen LogP contribution in [-0.2, 0) is 27.5 Å². The van der Waals surface area contributed by atoms with E-state index in [4.69, 9.17) is 10.5 Å². The number of ether oxygens (including phenoxy) is 1. The average molecular weight is 425 g/mol. The predicted octanol–water partition coefficient (Wildman–Crippen LogP) is 2.17. The van der Waals surface area contributed by atoms with Crippen LogP contribution in [0, 0.1) is 0 Å². The van der Waals surface area contributed by atoms with E-state index in [-0.39, 0.29) is 31.9 Å². The van der Waals surface area contributed by atoms with Crippen LogP contribution in [0.5, 0.6) is 0 Å². The summed E-state index contributed by atoms with van der Waals surface area (Å²) in [6.07, 6.45) is 1.69. The lowest BCUT2D eigenvalue weighted by Crippen LogP contribution is -2.45. The highest BCUT2D eigenvalue weighted by Gasteiger charge is 2.36. The number of aliphatic hydroxyl groups excluding tert-OH is 1. The molecule has 0 spiro atoms. The van der Waals surface area contributed by atoms with Crippen LogP contribution >= 0.6 is 0 Å². The lowest BCUT2D eigenvalue weighted by Gasteiger charge is -2.25. The number of hydrogen-bond acceptors (Lipinski definition) is 6. The van der Waals surface area contributed by atoms with Gasteiger partial charge in [-0.25, -0.2) is 0 Å². The van der Waals surface area contributed by atoms with E-state index in [0.29, 0.717) is 11.3 Å². The number of aromatic nitrogens is 1. The third-order valence-corrected chi connectivity index (χ3v) is 4.99. The number of benzene rings is 1. The second-order valence-corrected chi connectivity index (χ2v) is 8.56. The number of carbonyl (C=O) groups excluding carboxylic acids is 3. The fourth-order valence-corrected chi connectivity index (χ4v) is 3.58. The molecule has 0 saturated heterocycles. The zero-order chi connectivity index (χ0) is 22.8. The summed E-state index contributed by atoms with van der Waals surface area (Å²) < 4.78 is 5.28. The van der Waals surface area contributed by atoms with Crippen molar-refractivity contribution in [2.24, 2.45) is 5.73 Å². The second-order valence-electron chi connectivity index (χ2n) is 8.56. The number of carbonyl (C=O) groups is 3. The van der Waals surface area contributed by atoms with Crippen molar-refractivity contribution in [2.45, 2.75) is 58.4 Å². The number of nitrogens with zero attached hydrogens (tertiary/aromatic N) is 2. The fraction of sp³-hybridized carbons (Fsp3) is 0.391. The van der Waals surface area contributed by atoms with Gasteiger partial charge in [0.05, 0.1) is 12.3 Å². The standard InChI is InChI=1S/C23H27N3O5/c1-23(2,3)31-20(28)7-6-19(21(24)29)26-12-16-11-15(4-5-17(16)22(26)30)18-10-14(13-27)8-9-25-18/h4-5,8-11,19,27H,6-7,12-13H2,1-3H3,(H2,24,29)/t19-/m0/s1. The lowest BCUT2D eigenvalue weighted by molar-refractivity contribution is -0.155. The molecule has 0 bridgehead atoms. The Morgan fingerprint density at radius 1 is 1.26 bits per heavy atom. The number of aliphatic hydroxyl groups is 1. The maximum absolute atomic E-state index is 12.9. The topological polar surface area (TPSA) is 123 Å². The first-order valence-electron chi connectivity index (χ1n) is 10.1. The highest BCUT2D eigenvalue weighted by atomic mass is 16.6. The Labute approximate surface area is 181 Å². The number of primary amides is 1. The van der Waals surface area contributed by atoms with Crippen molar-refractivity contribution in [3.8, 4) is 11.3 Å². The van der Waals surface area contributed by atoms with Gasteiger partial charge in [0, 0.05) is 30.3 Å². The van der Waals surface area contributed by atoms with Gasteiger partial charge in [0.1, 0.15) is 11.6 Å². The van der Waals surface area contributed by atoms with Gasteiger partial charge in [0.25, 0.3) is 5.91 Å². The zero-order valence-corrected chi connectivity index (χ0v) is 17.9. The summed E-state index contributed by atoms with van der Waals surface area (Å²) >= 11 is 0. The normalized spacial score (nSPS) is 14.3. The van der Waals surface area contributed by atoms with E-state index >= 15 is 0 Å².